The lowest BCUT2D eigenvalue weighted by Gasteiger charge is -2.17. The molecule has 0 amide bonds. The van der Waals surface area contributed by atoms with E-state index in [1.165, 1.54) is 62.2 Å². The number of hydrogen-bond donors (Lipinski definition) is 1. The van der Waals surface area contributed by atoms with Crippen LogP contribution in [0.1, 0.15) is 59.4 Å². The van der Waals surface area contributed by atoms with E-state index in [1.54, 1.807) is 0 Å². The number of carboxylic acid groups (broad SMARTS) is 1. The predicted molar refractivity (Wildman–Crippen MR) is 116 cm³/mol. The second-order valence-corrected chi connectivity index (χ2v) is 9.00. The molecule has 146 valence electrons. The number of unbranched alkanes of at least 4 members (excludes halogenated alkanes) is 1. The van der Waals surface area contributed by atoms with Crippen LogP contribution in [-0.4, -0.2) is 16.1 Å². The van der Waals surface area contributed by atoms with E-state index < -0.39 is 5.97 Å². The van der Waals surface area contributed by atoms with Gasteiger partial charge < -0.3 is 5.11 Å². The smallest absolute Gasteiger partial charge is 0.303 e. The molecular weight excluding hydrogens is 366 g/mol. The topological polar surface area (TPSA) is 50.2 Å². The lowest BCUT2D eigenvalue weighted by molar-refractivity contribution is -0.137. The Bertz CT molecular complexity index is 1030. The van der Waals surface area contributed by atoms with Crippen LogP contribution in [0.5, 0.6) is 0 Å². The molecule has 0 aliphatic heterocycles. The minimum Gasteiger partial charge on any atom is -0.481 e. The molecule has 0 unspecified atom stereocenters. The Kier molecular flexibility index (Phi) is 5.49. The molecule has 0 spiro atoms. The van der Waals surface area contributed by atoms with Crippen LogP contribution in [-0.2, 0) is 24.1 Å². The van der Waals surface area contributed by atoms with Crippen molar-refractivity contribution in [3.63, 3.8) is 0 Å². The summed E-state index contributed by atoms with van der Waals surface area (Å²) in [4.78, 5) is 18.6. The summed E-state index contributed by atoms with van der Waals surface area (Å²) >= 11 is 1.88. The molecule has 0 saturated carbocycles. The zero-order valence-electron chi connectivity index (χ0n) is 16.7. The van der Waals surface area contributed by atoms with E-state index in [4.69, 9.17) is 10.1 Å². The first-order valence-corrected chi connectivity index (χ1v) is 11.1. The maximum absolute atomic E-state index is 10.9. The third-order valence-corrected chi connectivity index (χ3v) is 6.97. The third kappa shape index (κ3) is 3.70. The molecule has 0 fully saturated rings. The van der Waals surface area contributed by atoms with Gasteiger partial charge in [0.25, 0.3) is 0 Å². The maximum atomic E-state index is 10.9. The summed E-state index contributed by atoms with van der Waals surface area (Å²) in [5.41, 5.74) is 7.80. The van der Waals surface area contributed by atoms with Gasteiger partial charge in [0.05, 0.1) is 0 Å². The molecule has 0 saturated heterocycles. The molecule has 0 radical (unpaired) electrons. The van der Waals surface area contributed by atoms with E-state index in [0.717, 1.165) is 25.0 Å². The summed E-state index contributed by atoms with van der Waals surface area (Å²) in [6, 6.07) is 8.78. The lowest BCUT2D eigenvalue weighted by Crippen LogP contribution is -2.03. The normalized spacial score (nSPS) is 13.6. The SMILES string of the molecule is Cc1cccc(-c2c(CCCCC(=O)O)c(C)nc3sc4c(c23)CCCC4)c1. The van der Waals surface area contributed by atoms with Gasteiger partial charge in [-0.05, 0) is 81.0 Å². The fourth-order valence-electron chi connectivity index (χ4n) is 4.44. The van der Waals surface area contributed by atoms with Crippen LogP contribution in [0.3, 0.4) is 0 Å². The van der Waals surface area contributed by atoms with Crippen LogP contribution < -0.4 is 0 Å². The molecule has 2 aromatic heterocycles. The predicted octanol–water partition coefficient (Wildman–Crippen LogP) is 6.26. The van der Waals surface area contributed by atoms with Gasteiger partial charge >= 0.3 is 5.97 Å². The Hall–Kier alpha value is -2.20. The van der Waals surface area contributed by atoms with Crippen LogP contribution in [0.4, 0.5) is 0 Å². The summed E-state index contributed by atoms with van der Waals surface area (Å²) in [6.45, 7) is 4.26. The monoisotopic (exact) mass is 393 g/mol. The van der Waals surface area contributed by atoms with Crippen LogP contribution >= 0.6 is 11.3 Å². The summed E-state index contributed by atoms with van der Waals surface area (Å²) in [7, 11) is 0. The molecule has 28 heavy (non-hydrogen) atoms. The number of carbonyl (C=O) groups is 1. The molecular formula is C24H27NO2S. The molecule has 2 heterocycles. The standard InChI is InChI=1S/C24H27NO2S/c1-15-8-7-9-17(14-15)22-18(10-4-6-13-21(26)27)16(2)25-24-23(22)19-11-3-5-12-20(19)28-24/h7-9,14H,3-6,10-13H2,1-2H3,(H,26,27). The summed E-state index contributed by atoms with van der Waals surface area (Å²) < 4.78 is 0. The van der Waals surface area contributed by atoms with Crippen molar-refractivity contribution in [1.82, 2.24) is 4.98 Å². The fraction of sp³-hybridized carbons (Fsp3) is 0.417. The highest BCUT2D eigenvalue weighted by Gasteiger charge is 2.23. The number of benzene rings is 1. The van der Waals surface area contributed by atoms with Crippen molar-refractivity contribution in [2.45, 2.75) is 65.2 Å². The molecule has 0 atom stereocenters. The number of fused-ring (bicyclic) bond motifs is 3. The van der Waals surface area contributed by atoms with Crippen molar-refractivity contribution in [3.05, 3.63) is 51.5 Å². The number of pyridine rings is 1. The Balaban J connectivity index is 1.87. The van der Waals surface area contributed by atoms with Gasteiger partial charge in [-0.1, -0.05) is 29.8 Å². The zero-order chi connectivity index (χ0) is 19.7. The first kappa shape index (κ1) is 19.1. The van der Waals surface area contributed by atoms with Crippen molar-refractivity contribution in [1.29, 1.82) is 0 Å². The number of nitrogens with zero attached hydrogens (tertiary/aromatic N) is 1. The quantitative estimate of drug-likeness (QED) is 0.503. The Morgan fingerprint density at radius 3 is 2.79 bits per heavy atom. The third-order valence-electron chi connectivity index (χ3n) is 5.78. The van der Waals surface area contributed by atoms with E-state index in [-0.39, 0.29) is 6.42 Å². The Labute approximate surface area is 170 Å². The van der Waals surface area contributed by atoms with E-state index >= 15 is 0 Å². The highest BCUT2D eigenvalue weighted by molar-refractivity contribution is 7.19. The van der Waals surface area contributed by atoms with Crippen LogP contribution in [0.15, 0.2) is 24.3 Å². The van der Waals surface area contributed by atoms with E-state index in [9.17, 15) is 4.79 Å². The minimum absolute atomic E-state index is 0.238. The van der Waals surface area contributed by atoms with E-state index in [2.05, 4.69) is 38.1 Å². The molecule has 1 N–H and O–H groups in total. The van der Waals surface area contributed by atoms with Crippen molar-refractivity contribution < 1.29 is 9.90 Å². The van der Waals surface area contributed by atoms with E-state index in [0.29, 0.717) is 6.42 Å². The van der Waals surface area contributed by atoms with Gasteiger partial charge in [-0.25, -0.2) is 4.98 Å². The highest BCUT2D eigenvalue weighted by atomic mass is 32.1. The summed E-state index contributed by atoms with van der Waals surface area (Å²) in [6.07, 6.45) is 7.58. The molecule has 4 heteroatoms. The Morgan fingerprint density at radius 1 is 1.18 bits per heavy atom. The molecule has 1 aliphatic carbocycles. The average Bonchev–Trinajstić information content (AvgIpc) is 3.02. The number of carboxylic acids is 1. The summed E-state index contributed by atoms with van der Waals surface area (Å²) in [5, 5.41) is 10.3. The highest BCUT2D eigenvalue weighted by Crippen LogP contribution is 2.43. The van der Waals surface area contributed by atoms with Crippen molar-refractivity contribution >= 4 is 27.5 Å². The molecule has 3 aromatic rings. The summed E-state index contributed by atoms with van der Waals surface area (Å²) in [5.74, 6) is -0.712. The molecule has 1 aliphatic rings. The zero-order valence-corrected chi connectivity index (χ0v) is 17.5. The second-order valence-electron chi connectivity index (χ2n) is 7.91. The first-order chi connectivity index (χ1) is 13.5. The van der Waals surface area contributed by atoms with Crippen molar-refractivity contribution in [2.75, 3.05) is 0 Å². The number of aliphatic carboxylic acids is 1. The maximum Gasteiger partial charge on any atom is 0.303 e. The molecule has 1 aromatic carbocycles. The van der Waals surface area contributed by atoms with Gasteiger partial charge in [-0.15, -0.1) is 11.3 Å². The number of aromatic nitrogens is 1. The number of thiophene rings is 1. The van der Waals surface area contributed by atoms with E-state index in [1.807, 2.05) is 11.3 Å². The van der Waals surface area contributed by atoms with Crippen LogP contribution in [0.2, 0.25) is 0 Å². The van der Waals surface area contributed by atoms with Gasteiger partial charge in [0.2, 0.25) is 0 Å². The van der Waals surface area contributed by atoms with Gasteiger partial charge in [0.15, 0.2) is 0 Å². The van der Waals surface area contributed by atoms with Gasteiger partial charge in [-0.3, -0.25) is 4.79 Å². The molecule has 0 bridgehead atoms. The lowest BCUT2D eigenvalue weighted by atomic mass is 9.88. The van der Waals surface area contributed by atoms with Gasteiger partial charge in [0.1, 0.15) is 4.83 Å². The largest absolute Gasteiger partial charge is 0.481 e. The van der Waals surface area contributed by atoms with Crippen LogP contribution in [0, 0.1) is 13.8 Å². The number of hydrogen-bond acceptors (Lipinski definition) is 3. The number of aryl methyl sites for hydroxylation is 4. The van der Waals surface area contributed by atoms with Crippen molar-refractivity contribution in [3.8, 4) is 11.1 Å². The van der Waals surface area contributed by atoms with Crippen LogP contribution in [0.25, 0.3) is 21.3 Å². The van der Waals surface area contributed by atoms with Gasteiger partial charge in [0, 0.05) is 22.4 Å². The molecule has 3 nitrogen and oxygen atoms in total. The Morgan fingerprint density at radius 2 is 2.00 bits per heavy atom. The number of rotatable bonds is 6. The fourth-order valence-corrected chi connectivity index (χ4v) is 5.76. The minimum atomic E-state index is -0.712. The first-order valence-electron chi connectivity index (χ1n) is 10.3. The second kappa shape index (κ2) is 8.04. The van der Waals surface area contributed by atoms with Gasteiger partial charge in [-0.2, -0.15) is 0 Å². The molecule has 4 rings (SSSR count). The average molecular weight is 394 g/mol. The van der Waals surface area contributed by atoms with Crippen molar-refractivity contribution in [2.24, 2.45) is 0 Å².